The van der Waals surface area contributed by atoms with E-state index in [0.717, 1.165) is 0 Å². The normalized spacial score (nSPS) is 17.8. The van der Waals surface area contributed by atoms with Gasteiger partial charge < -0.3 is 15.3 Å². The third-order valence-electron chi connectivity index (χ3n) is 3.33. The lowest BCUT2D eigenvalue weighted by Gasteiger charge is -2.21. The minimum absolute atomic E-state index is 0.176. The van der Waals surface area contributed by atoms with Gasteiger partial charge >= 0.3 is 12.0 Å². The summed E-state index contributed by atoms with van der Waals surface area (Å²) in [6, 6.07) is -0.176. The van der Waals surface area contributed by atoms with Crippen LogP contribution in [0.1, 0.15) is 32.6 Å². The molecule has 0 bridgehead atoms. The van der Waals surface area contributed by atoms with Crippen LogP contribution >= 0.6 is 0 Å². The molecule has 0 radical (unpaired) electrons. The van der Waals surface area contributed by atoms with Crippen molar-refractivity contribution in [2.24, 2.45) is 11.8 Å². The molecular formula is C12H22N2O3. The molecule has 5 nitrogen and oxygen atoms in total. The molecule has 1 saturated carbocycles. The topological polar surface area (TPSA) is 69.6 Å². The summed E-state index contributed by atoms with van der Waals surface area (Å²) in [7, 11) is 1.63. The van der Waals surface area contributed by atoms with Gasteiger partial charge in [-0.3, -0.25) is 4.79 Å². The fourth-order valence-corrected chi connectivity index (χ4v) is 2.15. The van der Waals surface area contributed by atoms with Crippen LogP contribution in [0.25, 0.3) is 0 Å². The number of carboxylic acid groups (broad SMARTS) is 1. The van der Waals surface area contributed by atoms with E-state index in [0.29, 0.717) is 12.5 Å². The van der Waals surface area contributed by atoms with Crippen molar-refractivity contribution < 1.29 is 14.7 Å². The summed E-state index contributed by atoms with van der Waals surface area (Å²) in [5.41, 5.74) is 0. The van der Waals surface area contributed by atoms with Crippen molar-refractivity contribution in [3.8, 4) is 0 Å². The van der Waals surface area contributed by atoms with E-state index in [1.165, 1.54) is 30.6 Å². The maximum Gasteiger partial charge on any atom is 0.317 e. The zero-order chi connectivity index (χ0) is 12.8. The molecule has 2 N–H and O–H groups in total. The van der Waals surface area contributed by atoms with Crippen LogP contribution in [0.15, 0.2) is 0 Å². The SMILES string of the molecule is CC(CN(C)C(=O)NCC1CCCC1)C(=O)O. The van der Waals surface area contributed by atoms with Gasteiger partial charge in [-0.05, 0) is 18.8 Å². The summed E-state index contributed by atoms with van der Waals surface area (Å²) >= 11 is 0. The molecule has 98 valence electrons. The Morgan fingerprint density at radius 1 is 1.41 bits per heavy atom. The summed E-state index contributed by atoms with van der Waals surface area (Å²) in [5.74, 6) is -0.804. The molecule has 0 aliphatic heterocycles. The first-order chi connectivity index (χ1) is 8.00. The van der Waals surface area contributed by atoms with E-state index in [2.05, 4.69) is 5.32 Å². The number of aliphatic carboxylic acids is 1. The minimum Gasteiger partial charge on any atom is -0.481 e. The van der Waals surface area contributed by atoms with E-state index in [-0.39, 0.29) is 12.6 Å². The highest BCUT2D eigenvalue weighted by atomic mass is 16.4. The molecule has 0 saturated heterocycles. The molecule has 1 rings (SSSR count). The molecule has 17 heavy (non-hydrogen) atoms. The van der Waals surface area contributed by atoms with Crippen LogP contribution < -0.4 is 5.32 Å². The quantitative estimate of drug-likeness (QED) is 0.768. The number of nitrogens with zero attached hydrogens (tertiary/aromatic N) is 1. The number of hydrogen-bond donors (Lipinski definition) is 2. The van der Waals surface area contributed by atoms with Crippen molar-refractivity contribution in [1.29, 1.82) is 0 Å². The van der Waals surface area contributed by atoms with Gasteiger partial charge in [0.2, 0.25) is 0 Å². The lowest BCUT2D eigenvalue weighted by atomic mass is 10.1. The van der Waals surface area contributed by atoms with E-state index in [9.17, 15) is 9.59 Å². The van der Waals surface area contributed by atoms with Crippen LogP contribution in [0.3, 0.4) is 0 Å². The maximum atomic E-state index is 11.7. The fourth-order valence-electron chi connectivity index (χ4n) is 2.15. The second-order valence-electron chi connectivity index (χ2n) is 4.96. The Hall–Kier alpha value is -1.26. The Bertz CT molecular complexity index is 275. The van der Waals surface area contributed by atoms with Crippen molar-refractivity contribution in [3.63, 3.8) is 0 Å². The van der Waals surface area contributed by atoms with Crippen molar-refractivity contribution in [2.75, 3.05) is 20.1 Å². The van der Waals surface area contributed by atoms with Gasteiger partial charge in [-0.15, -0.1) is 0 Å². The Kier molecular flexibility index (Phi) is 5.25. The Labute approximate surface area is 102 Å². The lowest BCUT2D eigenvalue weighted by Crippen LogP contribution is -2.42. The molecule has 1 unspecified atom stereocenters. The highest BCUT2D eigenvalue weighted by Gasteiger charge is 2.19. The first kappa shape index (κ1) is 13.8. The summed E-state index contributed by atoms with van der Waals surface area (Å²) in [6.45, 7) is 2.56. The summed E-state index contributed by atoms with van der Waals surface area (Å²) in [6.07, 6.45) is 4.89. The second-order valence-corrected chi connectivity index (χ2v) is 4.96. The molecule has 1 aliphatic rings. The summed E-state index contributed by atoms with van der Waals surface area (Å²) in [5, 5.41) is 11.6. The van der Waals surface area contributed by atoms with Gasteiger partial charge in [-0.1, -0.05) is 19.8 Å². The third-order valence-corrected chi connectivity index (χ3v) is 3.33. The first-order valence-corrected chi connectivity index (χ1v) is 6.22. The molecule has 0 aromatic carbocycles. The Morgan fingerprint density at radius 2 is 2.00 bits per heavy atom. The van der Waals surface area contributed by atoms with Gasteiger partial charge in [0.05, 0.1) is 5.92 Å². The van der Waals surface area contributed by atoms with Gasteiger partial charge in [0, 0.05) is 20.1 Å². The largest absolute Gasteiger partial charge is 0.481 e. The average Bonchev–Trinajstić information content (AvgIpc) is 2.78. The molecule has 1 aliphatic carbocycles. The fraction of sp³-hybridized carbons (Fsp3) is 0.833. The van der Waals surface area contributed by atoms with E-state index in [1.807, 2.05) is 0 Å². The standard InChI is InChI=1S/C12H22N2O3/c1-9(11(15)16)8-14(2)12(17)13-7-10-5-3-4-6-10/h9-10H,3-8H2,1-2H3,(H,13,17)(H,15,16). The number of hydrogen-bond acceptors (Lipinski definition) is 2. The number of carbonyl (C=O) groups excluding carboxylic acids is 1. The molecule has 0 aromatic rings. The number of carboxylic acids is 1. The number of urea groups is 1. The molecule has 1 fully saturated rings. The van der Waals surface area contributed by atoms with Crippen LogP contribution in [0.5, 0.6) is 0 Å². The zero-order valence-corrected chi connectivity index (χ0v) is 10.6. The van der Waals surface area contributed by atoms with E-state index in [1.54, 1.807) is 14.0 Å². The minimum atomic E-state index is -0.875. The lowest BCUT2D eigenvalue weighted by molar-refractivity contribution is -0.141. The third kappa shape index (κ3) is 4.63. The van der Waals surface area contributed by atoms with Crippen molar-refractivity contribution >= 4 is 12.0 Å². The first-order valence-electron chi connectivity index (χ1n) is 6.22. The van der Waals surface area contributed by atoms with Crippen LogP contribution in [0.2, 0.25) is 0 Å². The second kappa shape index (κ2) is 6.47. The van der Waals surface area contributed by atoms with Gasteiger partial charge in [-0.2, -0.15) is 0 Å². The number of nitrogens with one attached hydrogen (secondary N) is 1. The highest BCUT2D eigenvalue weighted by molar-refractivity contribution is 5.75. The van der Waals surface area contributed by atoms with Crippen molar-refractivity contribution in [2.45, 2.75) is 32.6 Å². The molecule has 5 heteroatoms. The van der Waals surface area contributed by atoms with E-state index >= 15 is 0 Å². The molecule has 0 spiro atoms. The predicted molar refractivity (Wildman–Crippen MR) is 64.8 cm³/mol. The molecule has 1 atom stereocenters. The van der Waals surface area contributed by atoms with Crippen LogP contribution in [0, 0.1) is 11.8 Å². The molecule has 0 heterocycles. The number of rotatable bonds is 5. The van der Waals surface area contributed by atoms with Crippen LogP contribution in [-0.4, -0.2) is 42.1 Å². The van der Waals surface area contributed by atoms with E-state index < -0.39 is 11.9 Å². The number of carbonyl (C=O) groups is 2. The highest BCUT2D eigenvalue weighted by Crippen LogP contribution is 2.23. The Balaban J connectivity index is 2.23. The van der Waals surface area contributed by atoms with Crippen LogP contribution in [0.4, 0.5) is 4.79 Å². The summed E-state index contributed by atoms with van der Waals surface area (Å²) in [4.78, 5) is 23.8. The smallest absolute Gasteiger partial charge is 0.317 e. The zero-order valence-electron chi connectivity index (χ0n) is 10.6. The maximum absolute atomic E-state index is 11.7. The monoisotopic (exact) mass is 242 g/mol. The van der Waals surface area contributed by atoms with Crippen LogP contribution in [-0.2, 0) is 4.79 Å². The van der Waals surface area contributed by atoms with Gasteiger partial charge in [-0.25, -0.2) is 4.79 Å². The van der Waals surface area contributed by atoms with Crippen molar-refractivity contribution in [1.82, 2.24) is 10.2 Å². The number of amides is 2. The predicted octanol–water partition coefficient (Wildman–Crippen LogP) is 1.54. The Morgan fingerprint density at radius 3 is 2.53 bits per heavy atom. The molecule has 2 amide bonds. The summed E-state index contributed by atoms with van der Waals surface area (Å²) < 4.78 is 0. The molecular weight excluding hydrogens is 220 g/mol. The van der Waals surface area contributed by atoms with Crippen molar-refractivity contribution in [3.05, 3.63) is 0 Å². The van der Waals surface area contributed by atoms with Gasteiger partial charge in [0.25, 0.3) is 0 Å². The van der Waals surface area contributed by atoms with Gasteiger partial charge in [0.1, 0.15) is 0 Å². The van der Waals surface area contributed by atoms with E-state index in [4.69, 9.17) is 5.11 Å². The average molecular weight is 242 g/mol. The molecule has 0 aromatic heterocycles. The van der Waals surface area contributed by atoms with Gasteiger partial charge in [0.15, 0.2) is 0 Å².